The van der Waals surface area contributed by atoms with E-state index in [1.54, 1.807) is 0 Å². The maximum absolute atomic E-state index is 12.1. The van der Waals surface area contributed by atoms with Crippen molar-refractivity contribution >= 4 is 5.97 Å². The monoisotopic (exact) mass is 395 g/mol. The number of epoxide rings is 1. The predicted molar refractivity (Wildman–Crippen MR) is 116 cm³/mol. The molecule has 2 aromatic rings. The number of nitrogens with zero attached hydrogens (tertiary/aromatic N) is 1. The lowest BCUT2D eigenvalue weighted by molar-refractivity contribution is -0.135. The highest BCUT2D eigenvalue weighted by atomic mass is 16.6. The third kappa shape index (κ3) is 6.67. The second kappa shape index (κ2) is 11.1. The van der Waals surface area contributed by atoms with Crippen molar-refractivity contribution in [3.05, 3.63) is 48.2 Å². The minimum atomic E-state index is -0.393. The molecule has 156 valence electrons. The van der Waals surface area contributed by atoms with Crippen LogP contribution >= 0.6 is 0 Å². The molecular formula is C25H33NO3. The van der Waals surface area contributed by atoms with Gasteiger partial charge in [-0.2, -0.15) is 0 Å². The van der Waals surface area contributed by atoms with E-state index in [0.29, 0.717) is 5.75 Å². The van der Waals surface area contributed by atoms with Gasteiger partial charge in [-0.15, -0.1) is 0 Å². The van der Waals surface area contributed by atoms with E-state index in [2.05, 4.69) is 31.0 Å². The Balaban J connectivity index is 1.45. The zero-order valence-electron chi connectivity index (χ0n) is 17.7. The summed E-state index contributed by atoms with van der Waals surface area (Å²) in [6, 6.07) is 11.7. The number of carbonyl (C=O) groups excluding carboxylic acids is 1. The molecule has 1 fully saturated rings. The molecule has 0 aliphatic carbocycles. The number of esters is 1. The van der Waals surface area contributed by atoms with E-state index in [9.17, 15) is 4.79 Å². The van der Waals surface area contributed by atoms with Gasteiger partial charge in [-0.1, -0.05) is 58.4 Å². The van der Waals surface area contributed by atoms with E-state index in [1.807, 2.05) is 30.5 Å². The van der Waals surface area contributed by atoms with E-state index in [4.69, 9.17) is 9.47 Å². The Morgan fingerprint density at radius 2 is 1.72 bits per heavy atom. The molecule has 3 rings (SSSR count). The molecule has 4 nitrogen and oxygen atoms in total. The summed E-state index contributed by atoms with van der Waals surface area (Å²) in [5.41, 5.74) is 3.24. The molecule has 0 unspecified atom stereocenters. The highest BCUT2D eigenvalue weighted by Gasteiger charge is 2.45. The summed E-state index contributed by atoms with van der Waals surface area (Å²) in [5.74, 6) is 0.248. The average Bonchev–Trinajstić information content (AvgIpc) is 3.51. The van der Waals surface area contributed by atoms with Gasteiger partial charge in [-0.05, 0) is 55.2 Å². The van der Waals surface area contributed by atoms with E-state index in [1.165, 1.54) is 44.1 Å². The number of hydrogen-bond acceptors (Lipinski definition) is 4. The smallest absolute Gasteiger partial charge is 0.343 e. The van der Waals surface area contributed by atoms with Gasteiger partial charge < -0.3 is 9.47 Å². The molecular weight excluding hydrogens is 362 g/mol. The van der Waals surface area contributed by atoms with Crippen LogP contribution in [0.2, 0.25) is 0 Å². The summed E-state index contributed by atoms with van der Waals surface area (Å²) in [6.07, 6.45) is 12.5. The van der Waals surface area contributed by atoms with Crippen molar-refractivity contribution in [3.63, 3.8) is 0 Å². The lowest BCUT2D eigenvalue weighted by Crippen LogP contribution is -2.17. The van der Waals surface area contributed by atoms with E-state index in [-0.39, 0.29) is 12.1 Å². The maximum atomic E-state index is 12.1. The fourth-order valence-corrected chi connectivity index (χ4v) is 3.57. The summed E-state index contributed by atoms with van der Waals surface area (Å²) >= 11 is 0. The molecule has 0 spiro atoms. The zero-order valence-corrected chi connectivity index (χ0v) is 17.7. The summed E-state index contributed by atoms with van der Waals surface area (Å²) in [5, 5.41) is 0. The number of aryl methyl sites for hydroxylation is 1. The lowest BCUT2D eigenvalue weighted by Gasteiger charge is -2.06. The van der Waals surface area contributed by atoms with Gasteiger partial charge in [0, 0.05) is 11.8 Å². The molecule has 1 aromatic carbocycles. The van der Waals surface area contributed by atoms with Gasteiger partial charge in [0.15, 0.2) is 6.10 Å². The summed E-state index contributed by atoms with van der Waals surface area (Å²) in [7, 11) is 0. The molecule has 2 atom stereocenters. The van der Waals surface area contributed by atoms with Crippen molar-refractivity contribution in [1.29, 1.82) is 0 Å². The number of carbonyl (C=O) groups is 1. The number of rotatable bonds is 12. The van der Waals surface area contributed by atoms with Crippen LogP contribution in [0.3, 0.4) is 0 Å². The largest absolute Gasteiger partial charge is 0.425 e. The Morgan fingerprint density at radius 1 is 0.966 bits per heavy atom. The van der Waals surface area contributed by atoms with Crippen LogP contribution in [0.25, 0.3) is 11.3 Å². The second-order valence-corrected chi connectivity index (χ2v) is 7.90. The van der Waals surface area contributed by atoms with E-state index < -0.39 is 6.10 Å². The van der Waals surface area contributed by atoms with Crippen LogP contribution < -0.4 is 4.74 Å². The van der Waals surface area contributed by atoms with Crippen LogP contribution in [0, 0.1) is 0 Å². The van der Waals surface area contributed by atoms with Crippen LogP contribution in [-0.2, 0) is 16.0 Å². The van der Waals surface area contributed by atoms with E-state index >= 15 is 0 Å². The van der Waals surface area contributed by atoms with Crippen molar-refractivity contribution in [1.82, 2.24) is 4.98 Å². The average molecular weight is 396 g/mol. The Labute approximate surface area is 174 Å². The Bertz CT molecular complexity index is 755. The minimum absolute atomic E-state index is 0.0332. The van der Waals surface area contributed by atoms with Crippen LogP contribution in [0.5, 0.6) is 5.75 Å². The topological polar surface area (TPSA) is 51.7 Å². The van der Waals surface area contributed by atoms with Crippen LogP contribution in [-0.4, -0.2) is 23.2 Å². The van der Waals surface area contributed by atoms with E-state index in [0.717, 1.165) is 30.5 Å². The molecule has 0 saturated carbocycles. The highest BCUT2D eigenvalue weighted by Crippen LogP contribution is 2.29. The molecule has 0 bridgehead atoms. The summed E-state index contributed by atoms with van der Waals surface area (Å²) < 4.78 is 10.8. The van der Waals surface area contributed by atoms with Gasteiger partial charge in [0.05, 0.1) is 11.8 Å². The molecule has 1 aromatic heterocycles. The van der Waals surface area contributed by atoms with Gasteiger partial charge in [0.2, 0.25) is 0 Å². The molecule has 4 heteroatoms. The first-order valence-electron chi connectivity index (χ1n) is 11.1. The van der Waals surface area contributed by atoms with Crippen molar-refractivity contribution in [3.8, 4) is 17.0 Å². The first-order chi connectivity index (χ1) is 14.2. The SMILES string of the molecule is CCCCCCCCc1ccc(-c2ccc(OC(=O)[C@@H]3O[C@@H]3CCC)cc2)nc1. The Morgan fingerprint density at radius 3 is 2.41 bits per heavy atom. The van der Waals surface area contributed by atoms with Crippen molar-refractivity contribution in [2.45, 2.75) is 83.8 Å². The van der Waals surface area contributed by atoms with Gasteiger partial charge in [-0.3, -0.25) is 4.98 Å². The highest BCUT2D eigenvalue weighted by molar-refractivity contribution is 5.80. The Kier molecular flexibility index (Phi) is 8.24. The number of pyridine rings is 1. The van der Waals surface area contributed by atoms with Gasteiger partial charge in [0.25, 0.3) is 0 Å². The number of ether oxygens (including phenoxy) is 2. The molecule has 0 radical (unpaired) electrons. The molecule has 0 amide bonds. The number of hydrogen-bond donors (Lipinski definition) is 0. The first kappa shape index (κ1) is 21.5. The minimum Gasteiger partial charge on any atom is -0.425 e. The molecule has 1 saturated heterocycles. The van der Waals surface area contributed by atoms with Crippen molar-refractivity contribution in [2.75, 3.05) is 0 Å². The normalized spacial score (nSPS) is 17.9. The fraction of sp³-hybridized carbons (Fsp3) is 0.520. The van der Waals surface area contributed by atoms with Gasteiger partial charge in [-0.25, -0.2) is 4.79 Å². The quantitative estimate of drug-likeness (QED) is 0.188. The predicted octanol–water partition coefficient (Wildman–Crippen LogP) is 6.12. The number of benzene rings is 1. The molecule has 0 N–H and O–H groups in total. The van der Waals surface area contributed by atoms with Gasteiger partial charge in [0.1, 0.15) is 5.75 Å². The van der Waals surface area contributed by atoms with Crippen molar-refractivity contribution < 1.29 is 14.3 Å². The molecule has 1 aliphatic heterocycles. The molecule has 2 heterocycles. The fourth-order valence-electron chi connectivity index (χ4n) is 3.57. The van der Waals surface area contributed by atoms with Gasteiger partial charge >= 0.3 is 5.97 Å². The van der Waals surface area contributed by atoms with Crippen LogP contribution in [0.15, 0.2) is 42.6 Å². The number of unbranched alkanes of at least 4 members (excludes halogenated alkanes) is 5. The summed E-state index contributed by atoms with van der Waals surface area (Å²) in [4.78, 5) is 16.7. The standard InChI is InChI=1S/C25H33NO3/c1-3-5-6-7-8-9-11-19-12-17-22(26-18-19)20-13-15-21(16-14-20)28-25(27)24-23(29-24)10-4-2/h12-18,23-24H,3-11H2,1-2H3/t23-,24-/m1/s1. The van der Waals surface area contributed by atoms with Crippen LogP contribution in [0.4, 0.5) is 0 Å². The first-order valence-corrected chi connectivity index (χ1v) is 11.1. The third-order valence-electron chi connectivity index (χ3n) is 5.40. The molecule has 1 aliphatic rings. The van der Waals surface area contributed by atoms with Crippen LogP contribution in [0.1, 0.15) is 70.8 Å². The Hall–Kier alpha value is -2.20. The third-order valence-corrected chi connectivity index (χ3v) is 5.40. The zero-order chi connectivity index (χ0) is 20.5. The second-order valence-electron chi connectivity index (χ2n) is 7.90. The number of aromatic nitrogens is 1. The lowest BCUT2D eigenvalue weighted by atomic mass is 10.1. The maximum Gasteiger partial charge on any atom is 0.343 e. The molecule has 29 heavy (non-hydrogen) atoms. The van der Waals surface area contributed by atoms with Crippen molar-refractivity contribution in [2.24, 2.45) is 0 Å². The summed E-state index contributed by atoms with van der Waals surface area (Å²) in [6.45, 7) is 4.33.